The fraction of sp³-hybridized carbons (Fsp3) is 0.188. The Morgan fingerprint density at radius 3 is 2.90 bits per heavy atom. The number of carbonyl (C=O) groups is 1. The summed E-state index contributed by atoms with van der Waals surface area (Å²) in [5, 5.41) is 4.89. The van der Waals surface area contributed by atoms with E-state index in [0.29, 0.717) is 6.42 Å². The second kappa shape index (κ2) is 5.13. The monoisotopic (exact) mass is 333 g/mol. The van der Waals surface area contributed by atoms with E-state index in [1.807, 2.05) is 12.1 Å². The second-order valence-corrected chi connectivity index (χ2v) is 7.62. The summed E-state index contributed by atoms with van der Waals surface area (Å²) < 4.78 is 2.59. The molecule has 0 saturated heterocycles. The van der Waals surface area contributed by atoms with Crippen molar-refractivity contribution < 1.29 is 4.79 Å². The lowest BCUT2D eigenvalue weighted by atomic mass is 9.99. The van der Waals surface area contributed by atoms with Gasteiger partial charge in [0.25, 0.3) is 0 Å². The van der Waals surface area contributed by atoms with Crippen molar-refractivity contribution in [2.24, 2.45) is 0 Å². The van der Waals surface area contributed by atoms with Gasteiger partial charge in [0.1, 0.15) is 0 Å². The fourth-order valence-corrected chi connectivity index (χ4v) is 5.09. The van der Waals surface area contributed by atoms with Crippen molar-refractivity contribution in [3.63, 3.8) is 0 Å². The molecule has 3 aromatic rings. The van der Waals surface area contributed by atoms with Crippen molar-refractivity contribution in [1.82, 2.24) is 0 Å². The molecule has 0 saturated carbocycles. The van der Waals surface area contributed by atoms with Gasteiger partial charge in [0.15, 0.2) is 0 Å². The van der Waals surface area contributed by atoms with Gasteiger partial charge in [-0.25, -0.2) is 0 Å². The first-order valence-electron chi connectivity index (χ1n) is 6.74. The van der Waals surface area contributed by atoms with E-state index in [2.05, 4.69) is 28.9 Å². The van der Waals surface area contributed by atoms with Crippen molar-refractivity contribution in [2.75, 3.05) is 5.32 Å². The van der Waals surface area contributed by atoms with Crippen molar-refractivity contribution in [3.05, 3.63) is 51.7 Å². The van der Waals surface area contributed by atoms with E-state index in [4.69, 9.17) is 11.6 Å². The number of thiophene rings is 2. The third-order valence-corrected chi connectivity index (χ3v) is 6.50. The molecule has 1 atom stereocenters. The standard InChI is InChI=1S/C16H12ClNOS2/c17-16(14-8-13-12(21-14)5-6-20-13)10-1-3-11-9(7-10)2-4-15(19)18-11/h1,3,5-8,16H,2,4H2,(H,18,19). The van der Waals surface area contributed by atoms with Gasteiger partial charge in [-0.1, -0.05) is 12.1 Å². The predicted molar refractivity (Wildman–Crippen MR) is 90.8 cm³/mol. The van der Waals surface area contributed by atoms with E-state index in [1.54, 1.807) is 22.7 Å². The van der Waals surface area contributed by atoms with Gasteiger partial charge in [0.05, 0.1) is 5.38 Å². The molecule has 1 amide bonds. The number of fused-ring (bicyclic) bond motifs is 2. The maximum atomic E-state index is 11.4. The molecule has 1 unspecified atom stereocenters. The Balaban J connectivity index is 1.69. The molecule has 0 fully saturated rings. The van der Waals surface area contributed by atoms with Gasteiger partial charge in [0.2, 0.25) is 5.91 Å². The summed E-state index contributed by atoms with van der Waals surface area (Å²) in [4.78, 5) is 12.6. The highest BCUT2D eigenvalue weighted by Gasteiger charge is 2.19. The molecule has 0 spiro atoms. The molecule has 4 rings (SSSR count). The van der Waals surface area contributed by atoms with Crippen LogP contribution in [0.15, 0.2) is 35.7 Å². The van der Waals surface area contributed by atoms with E-state index in [1.165, 1.54) is 19.8 Å². The van der Waals surface area contributed by atoms with Gasteiger partial charge in [-0.15, -0.1) is 34.3 Å². The van der Waals surface area contributed by atoms with Crippen LogP contribution in [0, 0.1) is 0 Å². The number of hydrogen-bond donors (Lipinski definition) is 1. The number of carbonyl (C=O) groups excluding carboxylic acids is 1. The number of aryl methyl sites for hydroxylation is 1. The Morgan fingerprint density at radius 2 is 2.05 bits per heavy atom. The summed E-state index contributed by atoms with van der Waals surface area (Å²) in [5.74, 6) is 0.0937. The summed E-state index contributed by atoms with van der Waals surface area (Å²) >= 11 is 10.2. The van der Waals surface area contributed by atoms with Crippen LogP contribution >= 0.6 is 34.3 Å². The van der Waals surface area contributed by atoms with Crippen LogP contribution < -0.4 is 5.32 Å². The van der Waals surface area contributed by atoms with Crippen molar-refractivity contribution in [2.45, 2.75) is 18.2 Å². The van der Waals surface area contributed by atoms with Crippen LogP contribution in [-0.4, -0.2) is 5.91 Å². The predicted octanol–water partition coefficient (Wildman–Crippen LogP) is 5.18. The molecular weight excluding hydrogens is 322 g/mol. The summed E-state index contributed by atoms with van der Waals surface area (Å²) in [6, 6.07) is 10.4. The molecule has 21 heavy (non-hydrogen) atoms. The molecule has 5 heteroatoms. The quantitative estimate of drug-likeness (QED) is 0.643. The average Bonchev–Trinajstić information content (AvgIpc) is 3.07. The van der Waals surface area contributed by atoms with Crippen LogP contribution in [0.2, 0.25) is 0 Å². The minimum Gasteiger partial charge on any atom is -0.326 e. The van der Waals surface area contributed by atoms with Crippen LogP contribution in [0.1, 0.15) is 27.8 Å². The highest BCUT2D eigenvalue weighted by atomic mass is 35.5. The van der Waals surface area contributed by atoms with Gasteiger partial charge in [-0.05, 0) is 41.1 Å². The summed E-state index contributed by atoms with van der Waals surface area (Å²) in [5.41, 5.74) is 3.20. The first kappa shape index (κ1) is 13.3. The first-order valence-corrected chi connectivity index (χ1v) is 8.87. The van der Waals surface area contributed by atoms with E-state index in [9.17, 15) is 4.79 Å². The number of amides is 1. The second-order valence-electron chi connectivity index (χ2n) is 5.13. The van der Waals surface area contributed by atoms with Crippen LogP contribution in [0.4, 0.5) is 5.69 Å². The van der Waals surface area contributed by atoms with Gasteiger partial charge in [-0.3, -0.25) is 4.79 Å². The van der Waals surface area contributed by atoms with Crippen LogP contribution in [-0.2, 0) is 11.2 Å². The highest BCUT2D eigenvalue weighted by molar-refractivity contribution is 7.27. The molecule has 3 heterocycles. The molecule has 1 aliphatic heterocycles. The highest BCUT2D eigenvalue weighted by Crippen LogP contribution is 2.40. The normalized spacial score (nSPS) is 15.8. The Bertz CT molecular complexity index is 807. The summed E-state index contributed by atoms with van der Waals surface area (Å²) in [6.45, 7) is 0. The topological polar surface area (TPSA) is 29.1 Å². The Morgan fingerprint density at radius 1 is 1.14 bits per heavy atom. The SMILES string of the molecule is O=C1CCc2cc(C(Cl)c3cc4sccc4s3)ccc2N1. The van der Waals surface area contributed by atoms with Crippen LogP contribution in [0.3, 0.4) is 0 Å². The molecular formula is C16H12ClNOS2. The lowest BCUT2D eigenvalue weighted by molar-refractivity contribution is -0.116. The third kappa shape index (κ3) is 2.37. The zero-order chi connectivity index (χ0) is 14.4. The number of halogens is 1. The van der Waals surface area contributed by atoms with Gasteiger partial charge in [0, 0.05) is 26.4 Å². The molecule has 2 nitrogen and oxygen atoms in total. The molecule has 106 valence electrons. The minimum atomic E-state index is -0.127. The van der Waals surface area contributed by atoms with Crippen LogP contribution in [0.5, 0.6) is 0 Å². The number of alkyl halides is 1. The van der Waals surface area contributed by atoms with Gasteiger partial charge >= 0.3 is 0 Å². The number of hydrogen-bond acceptors (Lipinski definition) is 3. The fourth-order valence-electron chi connectivity index (χ4n) is 2.63. The third-order valence-electron chi connectivity index (χ3n) is 3.73. The van der Waals surface area contributed by atoms with E-state index in [0.717, 1.165) is 17.7 Å². The number of benzene rings is 1. The molecule has 0 aliphatic carbocycles. The maximum Gasteiger partial charge on any atom is 0.224 e. The lowest BCUT2D eigenvalue weighted by Gasteiger charge is -2.18. The number of rotatable bonds is 2. The Hall–Kier alpha value is -1.36. The summed E-state index contributed by atoms with van der Waals surface area (Å²) in [6.07, 6.45) is 1.34. The van der Waals surface area contributed by atoms with Crippen molar-refractivity contribution >= 4 is 55.3 Å². The molecule has 1 N–H and O–H groups in total. The number of anilines is 1. The zero-order valence-corrected chi connectivity index (χ0v) is 13.4. The van der Waals surface area contributed by atoms with Gasteiger partial charge in [-0.2, -0.15) is 0 Å². The lowest BCUT2D eigenvalue weighted by Crippen LogP contribution is -2.19. The van der Waals surface area contributed by atoms with Crippen LogP contribution in [0.25, 0.3) is 9.40 Å². The van der Waals surface area contributed by atoms with E-state index >= 15 is 0 Å². The van der Waals surface area contributed by atoms with E-state index < -0.39 is 0 Å². The zero-order valence-electron chi connectivity index (χ0n) is 11.1. The molecule has 0 bridgehead atoms. The molecule has 1 aliphatic rings. The molecule has 2 aromatic heterocycles. The Kier molecular flexibility index (Phi) is 3.25. The van der Waals surface area contributed by atoms with Gasteiger partial charge < -0.3 is 5.32 Å². The first-order chi connectivity index (χ1) is 10.2. The summed E-state index contributed by atoms with van der Waals surface area (Å²) in [7, 11) is 0. The molecule has 1 aromatic carbocycles. The number of nitrogens with one attached hydrogen (secondary N) is 1. The average molecular weight is 334 g/mol. The largest absolute Gasteiger partial charge is 0.326 e. The van der Waals surface area contributed by atoms with E-state index in [-0.39, 0.29) is 11.3 Å². The maximum absolute atomic E-state index is 11.4. The van der Waals surface area contributed by atoms with Crippen molar-refractivity contribution in [1.29, 1.82) is 0 Å². The molecule has 0 radical (unpaired) electrons. The Labute approximate surface area is 135 Å². The van der Waals surface area contributed by atoms with Crippen molar-refractivity contribution in [3.8, 4) is 0 Å². The minimum absolute atomic E-state index is 0.0937. The smallest absolute Gasteiger partial charge is 0.224 e.